The summed E-state index contributed by atoms with van der Waals surface area (Å²) in [5, 5.41) is 10.3. The van der Waals surface area contributed by atoms with Crippen LogP contribution in [0, 0.1) is 5.92 Å². The fourth-order valence-corrected chi connectivity index (χ4v) is 2.86. The first-order chi connectivity index (χ1) is 9.88. The van der Waals surface area contributed by atoms with Gasteiger partial charge < -0.3 is 9.67 Å². The molecule has 0 radical (unpaired) electrons. The van der Waals surface area contributed by atoms with E-state index >= 15 is 0 Å². The van der Waals surface area contributed by atoms with Crippen LogP contribution in [-0.4, -0.2) is 16.3 Å². The molecule has 0 unspecified atom stereocenters. The van der Waals surface area contributed by atoms with E-state index in [9.17, 15) is 0 Å². The van der Waals surface area contributed by atoms with E-state index in [1.807, 2.05) is 0 Å². The van der Waals surface area contributed by atoms with Crippen molar-refractivity contribution in [3.05, 3.63) is 42.1 Å². The van der Waals surface area contributed by atoms with Crippen LogP contribution in [-0.2, 0) is 6.54 Å². The lowest BCUT2D eigenvalue weighted by Gasteiger charge is -2.21. The highest BCUT2D eigenvalue weighted by Crippen LogP contribution is 2.29. The maximum Gasteiger partial charge on any atom is 0.0486 e. The molecule has 1 fully saturated rings. The maximum atomic E-state index is 8.92. The van der Waals surface area contributed by atoms with E-state index in [4.69, 9.17) is 5.11 Å². The minimum atomic E-state index is 0.285. The van der Waals surface area contributed by atoms with Crippen molar-refractivity contribution >= 4 is 17.0 Å². The number of allylic oxidation sites excluding steroid dienone is 1. The van der Waals surface area contributed by atoms with E-state index in [1.165, 1.54) is 35.7 Å². The van der Waals surface area contributed by atoms with E-state index in [2.05, 4.69) is 47.2 Å². The molecule has 0 saturated heterocycles. The predicted octanol–water partition coefficient (Wildman–Crippen LogP) is 4.23. The van der Waals surface area contributed by atoms with Gasteiger partial charge in [-0.05, 0) is 43.2 Å². The monoisotopic (exact) mass is 269 g/mol. The van der Waals surface area contributed by atoms with Gasteiger partial charge in [-0.15, -0.1) is 0 Å². The lowest BCUT2D eigenvalue weighted by atomic mass is 9.85. The summed E-state index contributed by atoms with van der Waals surface area (Å²) in [5.41, 5.74) is 2.63. The van der Waals surface area contributed by atoms with Crippen molar-refractivity contribution in [3.8, 4) is 0 Å². The lowest BCUT2D eigenvalue weighted by molar-refractivity contribution is 0.281. The van der Waals surface area contributed by atoms with Crippen molar-refractivity contribution in [2.24, 2.45) is 5.92 Å². The fraction of sp³-hybridized carbons (Fsp3) is 0.444. The van der Waals surface area contributed by atoms with Gasteiger partial charge in [-0.1, -0.05) is 36.8 Å². The number of benzene rings is 1. The Bertz CT molecular complexity index is 592. The highest BCUT2D eigenvalue weighted by Gasteiger charge is 2.14. The summed E-state index contributed by atoms with van der Waals surface area (Å²) in [6, 6.07) is 8.61. The molecule has 1 N–H and O–H groups in total. The zero-order chi connectivity index (χ0) is 13.8. The van der Waals surface area contributed by atoms with Gasteiger partial charge in [0.25, 0.3) is 0 Å². The van der Waals surface area contributed by atoms with E-state index in [0.717, 1.165) is 25.3 Å². The van der Waals surface area contributed by atoms with Crippen LogP contribution in [0.15, 0.2) is 36.5 Å². The van der Waals surface area contributed by atoms with Crippen molar-refractivity contribution in [1.29, 1.82) is 0 Å². The molecule has 2 nitrogen and oxygen atoms in total. The van der Waals surface area contributed by atoms with Crippen molar-refractivity contribution < 1.29 is 5.11 Å². The average molecular weight is 269 g/mol. The van der Waals surface area contributed by atoms with Gasteiger partial charge in [-0.25, -0.2) is 0 Å². The Morgan fingerprint density at radius 1 is 1.20 bits per heavy atom. The largest absolute Gasteiger partial charge is 0.396 e. The summed E-state index contributed by atoms with van der Waals surface area (Å²) >= 11 is 0. The number of rotatable bonds is 6. The molecule has 1 saturated carbocycles. The van der Waals surface area contributed by atoms with Crippen molar-refractivity contribution in [1.82, 2.24) is 4.57 Å². The number of aromatic nitrogens is 1. The number of unbranched alkanes of at least 4 members (excludes halogenated alkanes) is 1. The second-order valence-electron chi connectivity index (χ2n) is 5.78. The Morgan fingerprint density at radius 2 is 2.05 bits per heavy atom. The van der Waals surface area contributed by atoms with Gasteiger partial charge in [0.1, 0.15) is 0 Å². The van der Waals surface area contributed by atoms with Gasteiger partial charge in [0.2, 0.25) is 0 Å². The third kappa shape index (κ3) is 2.80. The molecule has 106 valence electrons. The molecule has 0 bridgehead atoms. The van der Waals surface area contributed by atoms with Crippen LogP contribution in [0.25, 0.3) is 17.0 Å². The maximum absolute atomic E-state index is 8.92. The molecule has 1 aliphatic rings. The average Bonchev–Trinajstić information content (AvgIpc) is 2.77. The summed E-state index contributed by atoms with van der Waals surface area (Å²) in [5.74, 6) is 0.798. The summed E-state index contributed by atoms with van der Waals surface area (Å²) < 4.78 is 2.32. The molecule has 2 aromatic rings. The third-order valence-electron chi connectivity index (χ3n) is 4.32. The fourth-order valence-electron chi connectivity index (χ4n) is 2.86. The molecule has 1 aromatic carbocycles. The van der Waals surface area contributed by atoms with Gasteiger partial charge in [0, 0.05) is 30.3 Å². The van der Waals surface area contributed by atoms with E-state index in [1.54, 1.807) is 0 Å². The van der Waals surface area contributed by atoms with Crippen LogP contribution in [0.4, 0.5) is 0 Å². The SMILES string of the molecule is OCCCCn1cc(C=CC2CCC2)c2ccccc21. The Hall–Kier alpha value is -1.54. The normalized spacial score (nSPS) is 16.1. The van der Waals surface area contributed by atoms with E-state index in [0.29, 0.717) is 0 Å². The number of hydrogen-bond donors (Lipinski definition) is 1. The van der Waals surface area contributed by atoms with E-state index in [-0.39, 0.29) is 6.61 Å². The third-order valence-corrected chi connectivity index (χ3v) is 4.32. The summed E-state index contributed by atoms with van der Waals surface area (Å²) in [6.07, 6.45) is 12.9. The molecule has 0 amide bonds. The Morgan fingerprint density at radius 3 is 2.80 bits per heavy atom. The molecule has 20 heavy (non-hydrogen) atoms. The number of nitrogens with zero attached hydrogens (tertiary/aromatic N) is 1. The topological polar surface area (TPSA) is 25.2 Å². The number of fused-ring (bicyclic) bond motifs is 1. The van der Waals surface area contributed by atoms with Crippen LogP contribution >= 0.6 is 0 Å². The van der Waals surface area contributed by atoms with Gasteiger partial charge >= 0.3 is 0 Å². The Kier molecular flexibility index (Phi) is 4.22. The summed E-state index contributed by atoms with van der Waals surface area (Å²) in [6.45, 7) is 1.27. The molecule has 1 aliphatic carbocycles. The molecule has 0 atom stereocenters. The molecule has 0 spiro atoms. The molecule has 3 rings (SSSR count). The van der Waals surface area contributed by atoms with E-state index < -0.39 is 0 Å². The summed E-state index contributed by atoms with van der Waals surface area (Å²) in [7, 11) is 0. The second-order valence-corrected chi connectivity index (χ2v) is 5.78. The van der Waals surface area contributed by atoms with Crippen LogP contribution in [0.2, 0.25) is 0 Å². The zero-order valence-electron chi connectivity index (χ0n) is 12.0. The second kappa shape index (κ2) is 6.27. The molecule has 1 aromatic heterocycles. The first-order valence-corrected chi connectivity index (χ1v) is 7.75. The number of hydrogen-bond acceptors (Lipinski definition) is 1. The van der Waals surface area contributed by atoms with Gasteiger partial charge in [-0.2, -0.15) is 0 Å². The number of para-hydroxylation sites is 1. The quantitative estimate of drug-likeness (QED) is 0.780. The zero-order valence-corrected chi connectivity index (χ0v) is 12.0. The smallest absolute Gasteiger partial charge is 0.0486 e. The van der Waals surface area contributed by atoms with Crippen LogP contribution in [0.5, 0.6) is 0 Å². The Balaban J connectivity index is 1.85. The van der Waals surface area contributed by atoms with Gasteiger partial charge in [0.15, 0.2) is 0 Å². The molecular weight excluding hydrogens is 246 g/mol. The van der Waals surface area contributed by atoms with Crippen molar-refractivity contribution in [2.45, 2.75) is 38.6 Å². The first kappa shape index (κ1) is 13.4. The molecule has 2 heteroatoms. The molecule has 0 aliphatic heterocycles. The molecular formula is C18H23NO. The standard InChI is InChI=1S/C18H23NO/c20-13-4-3-12-19-14-16(11-10-15-6-5-7-15)17-8-1-2-9-18(17)19/h1-2,8-11,14-15,20H,3-7,12-13H2. The predicted molar refractivity (Wildman–Crippen MR) is 84.6 cm³/mol. The Labute approximate surface area is 120 Å². The lowest BCUT2D eigenvalue weighted by Crippen LogP contribution is -2.06. The van der Waals surface area contributed by atoms with Gasteiger partial charge in [-0.3, -0.25) is 0 Å². The number of aliphatic hydroxyl groups is 1. The van der Waals surface area contributed by atoms with Crippen molar-refractivity contribution in [3.63, 3.8) is 0 Å². The molecule has 1 heterocycles. The van der Waals surface area contributed by atoms with Crippen LogP contribution in [0.1, 0.15) is 37.7 Å². The van der Waals surface area contributed by atoms with Crippen LogP contribution in [0.3, 0.4) is 0 Å². The number of aryl methyl sites for hydroxylation is 1. The highest BCUT2D eigenvalue weighted by atomic mass is 16.2. The van der Waals surface area contributed by atoms with Gasteiger partial charge in [0.05, 0.1) is 0 Å². The van der Waals surface area contributed by atoms with Crippen molar-refractivity contribution in [2.75, 3.05) is 6.61 Å². The van der Waals surface area contributed by atoms with Crippen LogP contribution < -0.4 is 0 Å². The first-order valence-electron chi connectivity index (χ1n) is 7.75. The minimum absolute atomic E-state index is 0.285. The summed E-state index contributed by atoms with van der Waals surface area (Å²) in [4.78, 5) is 0. The minimum Gasteiger partial charge on any atom is -0.396 e. The number of aliphatic hydroxyl groups excluding tert-OH is 1. The highest BCUT2D eigenvalue weighted by molar-refractivity contribution is 5.89.